The lowest BCUT2D eigenvalue weighted by Gasteiger charge is -2.31. The van der Waals surface area contributed by atoms with E-state index in [0.29, 0.717) is 5.92 Å². The third-order valence-corrected chi connectivity index (χ3v) is 6.04. The first-order valence-corrected chi connectivity index (χ1v) is 11.7. The van der Waals surface area contributed by atoms with Gasteiger partial charge in [0.05, 0.1) is 13.0 Å². The van der Waals surface area contributed by atoms with Crippen LogP contribution in [0.15, 0.2) is 42.6 Å². The summed E-state index contributed by atoms with van der Waals surface area (Å²) in [6.45, 7) is 9.06. The van der Waals surface area contributed by atoms with Crippen molar-refractivity contribution in [2.45, 2.75) is 65.9 Å². The molecule has 0 saturated carbocycles. The van der Waals surface area contributed by atoms with Crippen molar-refractivity contribution >= 4 is 17.7 Å². The summed E-state index contributed by atoms with van der Waals surface area (Å²) in [6.07, 6.45) is 2.83. The van der Waals surface area contributed by atoms with Crippen LogP contribution in [0, 0.1) is 11.8 Å². The number of esters is 2. The van der Waals surface area contributed by atoms with Gasteiger partial charge >= 0.3 is 11.9 Å². The van der Waals surface area contributed by atoms with Gasteiger partial charge in [0.2, 0.25) is 5.75 Å². The second-order valence-corrected chi connectivity index (χ2v) is 8.47. The van der Waals surface area contributed by atoms with E-state index in [1.165, 1.54) is 26.3 Å². The van der Waals surface area contributed by atoms with Gasteiger partial charge in [-0.25, -0.2) is 4.98 Å². The normalized spacial score (nSPS) is 13.6. The van der Waals surface area contributed by atoms with Crippen LogP contribution in [0.25, 0.3) is 0 Å². The summed E-state index contributed by atoms with van der Waals surface area (Å²) >= 11 is 0. The molecule has 2 rings (SSSR count). The van der Waals surface area contributed by atoms with Crippen molar-refractivity contribution in [2.24, 2.45) is 11.8 Å². The van der Waals surface area contributed by atoms with E-state index in [0.717, 1.165) is 18.4 Å². The Kier molecular flexibility index (Phi) is 10.2. The van der Waals surface area contributed by atoms with E-state index in [1.54, 1.807) is 6.92 Å². The average molecular weight is 470 g/mol. The molecule has 0 aliphatic rings. The Labute approximate surface area is 201 Å². The standard InChI is InChI=1S/C27H35NO6/c1-7-20(8-2)24(21-12-10-9-11-13-21)18(4)33-27(31)17(3)16-22(30)25-26(34-19(5)29)23(32-6)14-15-28-25/h9-15,17-18,20,24H,7-8,16H2,1-6H3/t17-,18?,24+/m1/s1. The molecule has 0 N–H and O–H groups in total. The minimum absolute atomic E-state index is 0.0469. The molecule has 0 spiro atoms. The van der Waals surface area contributed by atoms with Gasteiger partial charge in [0.25, 0.3) is 0 Å². The van der Waals surface area contributed by atoms with E-state index in [-0.39, 0.29) is 35.6 Å². The van der Waals surface area contributed by atoms with Gasteiger partial charge in [0, 0.05) is 31.5 Å². The highest BCUT2D eigenvalue weighted by molar-refractivity contribution is 5.99. The molecule has 0 amide bonds. The maximum absolute atomic E-state index is 13.0. The van der Waals surface area contributed by atoms with Gasteiger partial charge < -0.3 is 14.2 Å². The molecule has 2 aromatic rings. The summed E-state index contributed by atoms with van der Waals surface area (Å²) in [7, 11) is 1.40. The number of ketones is 1. The third-order valence-electron chi connectivity index (χ3n) is 6.04. The molecule has 1 unspecified atom stereocenters. The topological polar surface area (TPSA) is 91.8 Å². The van der Waals surface area contributed by atoms with Gasteiger partial charge in [0.15, 0.2) is 17.2 Å². The smallest absolute Gasteiger partial charge is 0.309 e. The van der Waals surface area contributed by atoms with Gasteiger partial charge in [-0.3, -0.25) is 14.4 Å². The van der Waals surface area contributed by atoms with E-state index in [2.05, 4.69) is 31.0 Å². The maximum Gasteiger partial charge on any atom is 0.309 e. The second-order valence-electron chi connectivity index (χ2n) is 8.47. The van der Waals surface area contributed by atoms with Gasteiger partial charge in [0.1, 0.15) is 6.10 Å². The number of ether oxygens (including phenoxy) is 3. The first-order valence-electron chi connectivity index (χ1n) is 11.7. The number of nitrogens with zero attached hydrogens (tertiary/aromatic N) is 1. The zero-order chi connectivity index (χ0) is 25.3. The number of hydrogen-bond donors (Lipinski definition) is 0. The molecule has 1 heterocycles. The zero-order valence-corrected chi connectivity index (χ0v) is 20.9. The van der Waals surface area contributed by atoms with Gasteiger partial charge in [-0.05, 0) is 18.4 Å². The molecule has 0 radical (unpaired) electrons. The number of carbonyl (C=O) groups excluding carboxylic acids is 3. The van der Waals surface area contributed by atoms with Gasteiger partial charge in [-0.1, -0.05) is 63.9 Å². The quantitative estimate of drug-likeness (QED) is 0.304. The zero-order valence-electron chi connectivity index (χ0n) is 20.9. The molecule has 7 heteroatoms. The fourth-order valence-corrected chi connectivity index (χ4v) is 4.26. The fraction of sp³-hybridized carbons (Fsp3) is 0.481. The first kappa shape index (κ1) is 27.0. The highest BCUT2D eigenvalue weighted by atomic mass is 16.6. The number of Topliss-reactive ketones (excluding diaryl/α,β-unsaturated/α-hetero) is 1. The summed E-state index contributed by atoms with van der Waals surface area (Å²) in [6, 6.07) is 11.6. The molecule has 184 valence electrons. The summed E-state index contributed by atoms with van der Waals surface area (Å²) in [5.74, 6) is -1.62. The Balaban J connectivity index is 2.16. The Morgan fingerprint density at radius 2 is 1.65 bits per heavy atom. The van der Waals surface area contributed by atoms with E-state index < -0.39 is 23.6 Å². The molecule has 3 atom stereocenters. The molecule has 1 aromatic heterocycles. The van der Waals surface area contributed by atoms with E-state index in [1.807, 2.05) is 25.1 Å². The van der Waals surface area contributed by atoms with Crippen LogP contribution < -0.4 is 9.47 Å². The van der Waals surface area contributed by atoms with Gasteiger partial charge in [-0.2, -0.15) is 0 Å². The lowest BCUT2D eigenvalue weighted by molar-refractivity contribution is -0.154. The van der Waals surface area contributed by atoms with Crippen LogP contribution in [0.1, 0.15) is 75.9 Å². The number of benzene rings is 1. The van der Waals surface area contributed by atoms with Crippen molar-refractivity contribution in [3.63, 3.8) is 0 Å². The molecule has 0 saturated heterocycles. The van der Waals surface area contributed by atoms with Crippen LogP contribution in [0.3, 0.4) is 0 Å². The number of methoxy groups -OCH3 is 1. The average Bonchev–Trinajstić information content (AvgIpc) is 2.82. The summed E-state index contributed by atoms with van der Waals surface area (Å²) < 4.78 is 16.2. The molecule has 0 aliphatic carbocycles. The van der Waals surface area contributed by atoms with Crippen LogP contribution in [0.4, 0.5) is 0 Å². The maximum atomic E-state index is 13.0. The SMILES string of the molecule is CCC(CC)[C@@H](c1ccccc1)C(C)OC(=O)[C@H](C)CC(=O)c1nccc(OC)c1OC(C)=O. The molecule has 34 heavy (non-hydrogen) atoms. The largest absolute Gasteiger partial charge is 0.493 e. The highest BCUT2D eigenvalue weighted by Crippen LogP contribution is 2.35. The van der Waals surface area contributed by atoms with E-state index in [4.69, 9.17) is 14.2 Å². The molecule has 7 nitrogen and oxygen atoms in total. The van der Waals surface area contributed by atoms with Crippen LogP contribution in [0.2, 0.25) is 0 Å². The van der Waals surface area contributed by atoms with Gasteiger partial charge in [-0.15, -0.1) is 0 Å². The Morgan fingerprint density at radius 1 is 1.00 bits per heavy atom. The second kappa shape index (κ2) is 12.9. The summed E-state index contributed by atoms with van der Waals surface area (Å²) in [4.78, 5) is 41.5. The van der Waals surface area contributed by atoms with Crippen LogP contribution in [0.5, 0.6) is 11.5 Å². The van der Waals surface area contributed by atoms with Crippen LogP contribution in [-0.4, -0.2) is 35.9 Å². The molecule has 1 aromatic carbocycles. The van der Waals surface area contributed by atoms with Crippen LogP contribution >= 0.6 is 0 Å². The van der Waals surface area contributed by atoms with E-state index >= 15 is 0 Å². The Hall–Kier alpha value is -3.22. The Bertz CT molecular complexity index is 970. The molecule has 0 aliphatic heterocycles. The number of carbonyl (C=O) groups is 3. The van der Waals surface area contributed by atoms with E-state index in [9.17, 15) is 14.4 Å². The third kappa shape index (κ3) is 6.89. The first-order chi connectivity index (χ1) is 16.2. The minimum Gasteiger partial charge on any atom is -0.493 e. The predicted molar refractivity (Wildman–Crippen MR) is 129 cm³/mol. The molecular weight excluding hydrogens is 434 g/mol. The minimum atomic E-state index is -0.703. The number of hydrogen-bond acceptors (Lipinski definition) is 7. The molecule has 0 fully saturated rings. The Morgan fingerprint density at radius 3 is 2.21 bits per heavy atom. The molecular formula is C27H35NO6. The summed E-state index contributed by atoms with van der Waals surface area (Å²) in [5.41, 5.74) is 1.08. The summed E-state index contributed by atoms with van der Waals surface area (Å²) in [5, 5.41) is 0. The van der Waals surface area contributed by atoms with Crippen molar-refractivity contribution < 1.29 is 28.6 Å². The monoisotopic (exact) mass is 469 g/mol. The number of aromatic nitrogens is 1. The predicted octanol–water partition coefficient (Wildman–Crippen LogP) is 5.38. The lowest BCUT2D eigenvalue weighted by atomic mass is 9.79. The highest BCUT2D eigenvalue weighted by Gasteiger charge is 2.31. The number of rotatable bonds is 12. The van der Waals surface area contributed by atoms with Crippen molar-refractivity contribution in [3.8, 4) is 11.5 Å². The van der Waals surface area contributed by atoms with Crippen molar-refractivity contribution in [1.82, 2.24) is 4.98 Å². The van der Waals surface area contributed by atoms with Crippen LogP contribution in [-0.2, 0) is 14.3 Å². The fourth-order valence-electron chi connectivity index (χ4n) is 4.26. The lowest BCUT2D eigenvalue weighted by Crippen LogP contribution is -2.30. The van der Waals surface area contributed by atoms with Crippen molar-refractivity contribution in [3.05, 3.63) is 53.9 Å². The van der Waals surface area contributed by atoms with Crippen molar-refractivity contribution in [2.75, 3.05) is 7.11 Å². The molecule has 0 bridgehead atoms. The van der Waals surface area contributed by atoms with Crippen molar-refractivity contribution in [1.29, 1.82) is 0 Å². The number of pyridine rings is 1.